The molecule has 0 radical (unpaired) electrons. The van der Waals surface area contributed by atoms with Gasteiger partial charge in [-0.05, 0) is 42.7 Å². The summed E-state index contributed by atoms with van der Waals surface area (Å²) in [5.74, 6) is 0.237. The molecule has 7 heteroatoms. The average Bonchev–Trinajstić information content (AvgIpc) is 3.17. The van der Waals surface area contributed by atoms with Crippen LogP contribution in [0.2, 0.25) is 0 Å². The molecule has 1 aliphatic rings. The van der Waals surface area contributed by atoms with Crippen LogP contribution in [0.5, 0.6) is 5.88 Å². The highest BCUT2D eigenvalue weighted by atomic mass is 79.9. The number of fused-ring (bicyclic) bond motifs is 1. The fraction of sp³-hybridized carbons (Fsp3) is 0.227. The lowest BCUT2D eigenvalue weighted by Crippen LogP contribution is -2.18. The number of benzene rings is 2. The summed E-state index contributed by atoms with van der Waals surface area (Å²) in [5, 5.41) is 0. The fourth-order valence-electron chi connectivity index (χ4n) is 3.22. The molecule has 0 saturated heterocycles. The highest BCUT2D eigenvalue weighted by molar-refractivity contribution is 9.10. The number of esters is 1. The second-order valence-corrected chi connectivity index (χ2v) is 7.47. The molecule has 0 amide bonds. The fourth-order valence-corrected chi connectivity index (χ4v) is 3.49. The first-order chi connectivity index (χ1) is 14.2. The Bertz CT molecular complexity index is 1020. The Hall–Kier alpha value is -2.93. The van der Waals surface area contributed by atoms with Gasteiger partial charge < -0.3 is 14.4 Å². The van der Waals surface area contributed by atoms with Gasteiger partial charge in [0, 0.05) is 16.7 Å². The molecule has 2 aromatic carbocycles. The third-order valence-electron chi connectivity index (χ3n) is 4.65. The van der Waals surface area contributed by atoms with Crippen molar-refractivity contribution in [1.82, 2.24) is 9.97 Å². The van der Waals surface area contributed by atoms with E-state index in [1.807, 2.05) is 47.4 Å². The van der Waals surface area contributed by atoms with E-state index >= 15 is 0 Å². The van der Waals surface area contributed by atoms with Gasteiger partial charge in [-0.15, -0.1) is 0 Å². The zero-order valence-electron chi connectivity index (χ0n) is 16.0. The first kappa shape index (κ1) is 19.4. The van der Waals surface area contributed by atoms with Crippen LogP contribution in [-0.4, -0.2) is 29.1 Å². The molecule has 0 unspecified atom stereocenters. The zero-order chi connectivity index (χ0) is 20.2. The van der Waals surface area contributed by atoms with Crippen molar-refractivity contribution in [1.29, 1.82) is 0 Å². The molecule has 3 aromatic rings. The topological polar surface area (TPSA) is 64.5 Å². The van der Waals surface area contributed by atoms with Crippen molar-refractivity contribution in [2.75, 3.05) is 18.1 Å². The maximum absolute atomic E-state index is 12.4. The summed E-state index contributed by atoms with van der Waals surface area (Å²) >= 11 is 3.42. The third kappa shape index (κ3) is 4.24. The van der Waals surface area contributed by atoms with Gasteiger partial charge in [-0.25, -0.2) is 9.78 Å². The number of hydrogen-bond acceptors (Lipinski definition) is 6. The number of hydrogen-bond donors (Lipinski definition) is 0. The largest absolute Gasteiger partial charge is 0.472 e. The Labute approximate surface area is 177 Å². The highest BCUT2D eigenvalue weighted by Gasteiger charge is 2.25. The van der Waals surface area contributed by atoms with Crippen LogP contribution in [-0.2, 0) is 17.8 Å². The number of nitrogens with zero attached hydrogens (tertiary/aromatic N) is 3. The van der Waals surface area contributed by atoms with Gasteiger partial charge in [0.2, 0.25) is 11.8 Å². The van der Waals surface area contributed by atoms with E-state index in [1.165, 1.54) is 11.8 Å². The molecule has 4 rings (SSSR count). The highest BCUT2D eigenvalue weighted by Crippen LogP contribution is 2.33. The van der Waals surface area contributed by atoms with Gasteiger partial charge in [0.1, 0.15) is 12.2 Å². The Morgan fingerprint density at radius 1 is 1.17 bits per heavy atom. The molecule has 29 heavy (non-hydrogen) atoms. The van der Waals surface area contributed by atoms with Crippen LogP contribution in [0.25, 0.3) is 0 Å². The minimum Gasteiger partial charge on any atom is -0.472 e. The summed E-state index contributed by atoms with van der Waals surface area (Å²) in [7, 11) is 0. The minimum atomic E-state index is -0.494. The SMILES string of the molecule is CCOC(=O)c1cnc(N2CCc3ccccc32)nc1OCc1ccc(Br)cc1. The third-order valence-corrected chi connectivity index (χ3v) is 5.18. The molecule has 0 bridgehead atoms. The van der Waals surface area contributed by atoms with E-state index in [4.69, 9.17) is 9.47 Å². The molecule has 2 heterocycles. The number of carbonyl (C=O) groups is 1. The van der Waals surface area contributed by atoms with Gasteiger partial charge in [0.25, 0.3) is 0 Å². The van der Waals surface area contributed by atoms with Crippen LogP contribution in [0.4, 0.5) is 11.6 Å². The van der Waals surface area contributed by atoms with E-state index in [1.54, 1.807) is 6.92 Å². The lowest BCUT2D eigenvalue weighted by atomic mass is 10.2. The van der Waals surface area contributed by atoms with Crippen molar-refractivity contribution in [3.63, 3.8) is 0 Å². The summed E-state index contributed by atoms with van der Waals surface area (Å²) in [6.07, 6.45) is 2.41. The standard InChI is InChI=1S/C22H20BrN3O3/c1-2-28-21(27)18-13-24-22(26-12-11-16-5-3-4-6-19(16)26)25-20(18)29-14-15-7-9-17(23)10-8-15/h3-10,13H,2,11-12,14H2,1H3. The van der Waals surface area contributed by atoms with Crippen molar-refractivity contribution in [3.05, 3.63) is 75.9 Å². The van der Waals surface area contributed by atoms with Gasteiger partial charge in [0.05, 0.1) is 12.8 Å². The van der Waals surface area contributed by atoms with Crippen LogP contribution in [0.1, 0.15) is 28.4 Å². The second kappa shape index (κ2) is 8.61. The minimum absolute atomic E-state index is 0.222. The Morgan fingerprint density at radius 3 is 2.76 bits per heavy atom. The van der Waals surface area contributed by atoms with E-state index in [0.717, 1.165) is 28.7 Å². The van der Waals surface area contributed by atoms with Crippen LogP contribution in [0, 0.1) is 0 Å². The molecule has 0 N–H and O–H groups in total. The Kier molecular flexibility index (Phi) is 5.76. The first-order valence-electron chi connectivity index (χ1n) is 9.42. The molecule has 1 aromatic heterocycles. The summed E-state index contributed by atoms with van der Waals surface area (Å²) < 4.78 is 12.1. The second-order valence-electron chi connectivity index (χ2n) is 6.55. The van der Waals surface area contributed by atoms with Crippen LogP contribution >= 0.6 is 15.9 Å². The number of halogens is 1. The molecule has 6 nitrogen and oxygen atoms in total. The molecule has 148 valence electrons. The molecule has 0 fully saturated rings. The van der Waals surface area contributed by atoms with Crippen LogP contribution < -0.4 is 9.64 Å². The van der Waals surface area contributed by atoms with E-state index in [9.17, 15) is 4.79 Å². The van der Waals surface area contributed by atoms with E-state index < -0.39 is 5.97 Å². The predicted molar refractivity (Wildman–Crippen MR) is 114 cm³/mol. The number of anilines is 2. The van der Waals surface area contributed by atoms with E-state index in [-0.39, 0.29) is 24.7 Å². The van der Waals surface area contributed by atoms with Crippen molar-refractivity contribution in [2.45, 2.75) is 20.0 Å². The van der Waals surface area contributed by atoms with Gasteiger partial charge in [-0.1, -0.05) is 46.3 Å². The van der Waals surface area contributed by atoms with Crippen molar-refractivity contribution < 1.29 is 14.3 Å². The van der Waals surface area contributed by atoms with Crippen molar-refractivity contribution in [3.8, 4) is 5.88 Å². The quantitative estimate of drug-likeness (QED) is 0.504. The number of rotatable bonds is 6. The molecular weight excluding hydrogens is 434 g/mol. The lowest BCUT2D eigenvalue weighted by molar-refractivity contribution is 0.0519. The Balaban J connectivity index is 1.64. The summed E-state index contributed by atoms with van der Waals surface area (Å²) in [5.41, 5.74) is 3.52. The number of ether oxygens (including phenoxy) is 2. The normalized spacial score (nSPS) is 12.6. The summed E-state index contributed by atoms with van der Waals surface area (Å²) in [6.45, 7) is 3.10. The summed E-state index contributed by atoms with van der Waals surface area (Å²) in [6, 6.07) is 16.0. The lowest BCUT2D eigenvalue weighted by Gasteiger charge is -2.18. The molecule has 0 spiro atoms. The van der Waals surface area contributed by atoms with Crippen molar-refractivity contribution >= 4 is 33.5 Å². The van der Waals surface area contributed by atoms with Gasteiger partial charge in [-0.2, -0.15) is 4.98 Å². The van der Waals surface area contributed by atoms with E-state index in [0.29, 0.717) is 5.95 Å². The average molecular weight is 454 g/mol. The number of aromatic nitrogens is 2. The van der Waals surface area contributed by atoms with Crippen LogP contribution in [0.3, 0.4) is 0 Å². The van der Waals surface area contributed by atoms with E-state index in [2.05, 4.69) is 32.0 Å². The maximum Gasteiger partial charge on any atom is 0.345 e. The van der Waals surface area contributed by atoms with Gasteiger partial charge in [0.15, 0.2) is 0 Å². The molecular formula is C22H20BrN3O3. The summed E-state index contributed by atoms with van der Waals surface area (Å²) in [4.78, 5) is 23.4. The van der Waals surface area contributed by atoms with Gasteiger partial charge in [-0.3, -0.25) is 0 Å². The number of para-hydroxylation sites is 1. The van der Waals surface area contributed by atoms with Crippen molar-refractivity contribution in [2.24, 2.45) is 0 Å². The zero-order valence-corrected chi connectivity index (χ0v) is 17.6. The van der Waals surface area contributed by atoms with Gasteiger partial charge >= 0.3 is 5.97 Å². The predicted octanol–water partition coefficient (Wildman–Crippen LogP) is 4.69. The Morgan fingerprint density at radius 2 is 1.97 bits per heavy atom. The monoisotopic (exact) mass is 453 g/mol. The maximum atomic E-state index is 12.4. The molecule has 1 aliphatic heterocycles. The molecule has 0 aliphatic carbocycles. The molecule has 0 atom stereocenters. The smallest absolute Gasteiger partial charge is 0.345 e. The number of carbonyl (C=O) groups excluding carboxylic acids is 1. The molecule has 0 saturated carbocycles. The van der Waals surface area contributed by atoms with Crippen LogP contribution in [0.15, 0.2) is 59.2 Å². The first-order valence-corrected chi connectivity index (χ1v) is 10.2.